The molecule has 0 aliphatic heterocycles. The second-order valence-electron chi connectivity index (χ2n) is 6.17. The summed E-state index contributed by atoms with van der Waals surface area (Å²) in [6.45, 7) is -0.491. The number of halogens is 2. The maximum absolute atomic E-state index is 12.4. The summed E-state index contributed by atoms with van der Waals surface area (Å²) < 4.78 is 5.12. The summed E-state index contributed by atoms with van der Waals surface area (Å²) in [5.41, 5.74) is 4.88. The van der Waals surface area contributed by atoms with Gasteiger partial charge in [0.15, 0.2) is 6.61 Å². The van der Waals surface area contributed by atoms with Crippen molar-refractivity contribution in [3.63, 3.8) is 0 Å². The van der Waals surface area contributed by atoms with Gasteiger partial charge in [0.05, 0.1) is 5.41 Å². The highest BCUT2D eigenvalue weighted by molar-refractivity contribution is 6.30. The van der Waals surface area contributed by atoms with Crippen molar-refractivity contribution in [1.29, 1.82) is 0 Å². The van der Waals surface area contributed by atoms with Crippen molar-refractivity contribution < 1.29 is 19.1 Å². The monoisotopic (exact) mass is 406 g/mol. The van der Waals surface area contributed by atoms with Crippen molar-refractivity contribution in [3.8, 4) is 0 Å². The fourth-order valence-electron chi connectivity index (χ4n) is 2.61. The molecule has 0 atom stereocenters. The Balaban J connectivity index is 1.47. The third-order valence-corrected chi connectivity index (χ3v) is 4.80. The Morgan fingerprint density at radius 3 is 2.00 bits per heavy atom. The Hall–Kier alpha value is -2.57. The first kappa shape index (κ1) is 19.2. The normalized spacial score (nSPS) is 14.1. The van der Waals surface area contributed by atoms with Gasteiger partial charge in [-0.15, -0.1) is 0 Å². The average molecular weight is 407 g/mol. The van der Waals surface area contributed by atoms with Crippen LogP contribution >= 0.6 is 23.2 Å². The molecule has 0 spiro atoms. The fourth-order valence-corrected chi connectivity index (χ4v) is 2.86. The quantitative estimate of drug-likeness (QED) is 0.590. The smallest absolute Gasteiger partial charge is 0.317 e. The first-order valence-corrected chi connectivity index (χ1v) is 8.94. The first-order chi connectivity index (χ1) is 12.9. The van der Waals surface area contributed by atoms with E-state index in [0.29, 0.717) is 28.5 Å². The van der Waals surface area contributed by atoms with Crippen LogP contribution in [0.5, 0.6) is 0 Å². The van der Waals surface area contributed by atoms with Crippen molar-refractivity contribution in [3.05, 3.63) is 69.7 Å². The Morgan fingerprint density at radius 2 is 1.44 bits per heavy atom. The maximum Gasteiger partial charge on any atom is 0.317 e. The Kier molecular flexibility index (Phi) is 5.68. The molecular formula is C19H16Cl2N2O4. The predicted octanol–water partition coefficient (Wildman–Crippen LogP) is 3.03. The van der Waals surface area contributed by atoms with Gasteiger partial charge in [-0.1, -0.05) is 35.3 Å². The molecule has 0 aromatic heterocycles. The van der Waals surface area contributed by atoms with Gasteiger partial charge in [0.25, 0.3) is 11.8 Å². The molecule has 3 rings (SSSR count). The van der Waals surface area contributed by atoms with Crippen LogP contribution in [0.25, 0.3) is 0 Å². The van der Waals surface area contributed by atoms with Gasteiger partial charge in [-0.3, -0.25) is 25.2 Å². The molecule has 2 aromatic rings. The minimum absolute atomic E-state index is 0.330. The molecule has 0 saturated heterocycles. The largest absolute Gasteiger partial charge is 0.455 e. The molecule has 6 nitrogen and oxygen atoms in total. The molecule has 1 saturated carbocycles. The zero-order valence-corrected chi connectivity index (χ0v) is 15.6. The Morgan fingerprint density at radius 1 is 0.889 bits per heavy atom. The number of benzene rings is 2. The lowest BCUT2D eigenvalue weighted by Gasteiger charge is -2.15. The lowest BCUT2D eigenvalue weighted by Crippen LogP contribution is -2.44. The number of hydrogen-bond acceptors (Lipinski definition) is 4. The molecule has 0 radical (unpaired) electrons. The number of rotatable bonds is 5. The third-order valence-electron chi connectivity index (χ3n) is 4.29. The number of carbonyl (C=O) groups is 3. The summed E-state index contributed by atoms with van der Waals surface area (Å²) in [5.74, 6) is -1.62. The van der Waals surface area contributed by atoms with Gasteiger partial charge in [-0.25, -0.2) is 0 Å². The van der Waals surface area contributed by atoms with Crippen molar-refractivity contribution in [2.45, 2.75) is 18.3 Å². The van der Waals surface area contributed by atoms with Crippen LogP contribution in [-0.2, 0) is 19.7 Å². The lowest BCUT2D eigenvalue weighted by atomic mass is 9.96. The van der Waals surface area contributed by atoms with Gasteiger partial charge in [0, 0.05) is 15.6 Å². The molecule has 0 unspecified atom stereocenters. The van der Waals surface area contributed by atoms with Crippen LogP contribution in [0.2, 0.25) is 10.0 Å². The second-order valence-corrected chi connectivity index (χ2v) is 7.05. The van der Waals surface area contributed by atoms with Crippen molar-refractivity contribution in [1.82, 2.24) is 10.9 Å². The Bertz CT molecular complexity index is 862. The van der Waals surface area contributed by atoms with Crippen molar-refractivity contribution in [2.75, 3.05) is 6.61 Å². The van der Waals surface area contributed by atoms with Crippen LogP contribution in [0.1, 0.15) is 28.8 Å². The second kappa shape index (κ2) is 7.98. The van der Waals surface area contributed by atoms with E-state index in [1.54, 1.807) is 36.4 Å². The molecule has 27 heavy (non-hydrogen) atoms. The highest BCUT2D eigenvalue weighted by Gasteiger charge is 2.52. The van der Waals surface area contributed by atoms with Gasteiger partial charge in [0.1, 0.15) is 0 Å². The topological polar surface area (TPSA) is 84.5 Å². The van der Waals surface area contributed by atoms with Crippen LogP contribution in [0.3, 0.4) is 0 Å². The summed E-state index contributed by atoms with van der Waals surface area (Å²) in [7, 11) is 0. The molecule has 1 fully saturated rings. The van der Waals surface area contributed by atoms with Gasteiger partial charge in [0.2, 0.25) is 0 Å². The lowest BCUT2D eigenvalue weighted by molar-refractivity contribution is -0.151. The minimum Gasteiger partial charge on any atom is -0.455 e. The average Bonchev–Trinajstić information content (AvgIpc) is 3.47. The van der Waals surface area contributed by atoms with Crippen LogP contribution in [0, 0.1) is 0 Å². The zero-order valence-electron chi connectivity index (χ0n) is 14.1. The predicted molar refractivity (Wildman–Crippen MR) is 100 cm³/mol. The van der Waals surface area contributed by atoms with E-state index in [9.17, 15) is 14.4 Å². The van der Waals surface area contributed by atoms with Crippen LogP contribution in [-0.4, -0.2) is 24.4 Å². The molecule has 8 heteroatoms. The number of carbonyl (C=O) groups excluding carboxylic acids is 3. The zero-order chi connectivity index (χ0) is 19.4. The van der Waals surface area contributed by atoms with E-state index in [1.165, 1.54) is 12.1 Å². The molecule has 2 amide bonds. The minimum atomic E-state index is -0.711. The van der Waals surface area contributed by atoms with Gasteiger partial charge < -0.3 is 4.74 Å². The van der Waals surface area contributed by atoms with Crippen LogP contribution in [0.4, 0.5) is 0 Å². The molecule has 2 aromatic carbocycles. The van der Waals surface area contributed by atoms with Crippen molar-refractivity contribution >= 4 is 41.0 Å². The van der Waals surface area contributed by atoms with Gasteiger partial charge in [-0.05, 0) is 54.8 Å². The van der Waals surface area contributed by atoms with E-state index in [4.69, 9.17) is 27.9 Å². The third kappa shape index (κ3) is 4.59. The number of amides is 2. The van der Waals surface area contributed by atoms with E-state index >= 15 is 0 Å². The summed E-state index contributed by atoms with van der Waals surface area (Å²) in [6.07, 6.45) is 1.31. The molecular weight excluding hydrogens is 391 g/mol. The van der Waals surface area contributed by atoms with Crippen LogP contribution < -0.4 is 10.9 Å². The molecule has 2 N–H and O–H groups in total. The molecule has 1 aliphatic carbocycles. The van der Waals surface area contributed by atoms with E-state index < -0.39 is 29.8 Å². The number of esters is 1. The molecule has 140 valence electrons. The Labute approximate surface area is 165 Å². The number of nitrogens with one attached hydrogen (secondary N) is 2. The van der Waals surface area contributed by atoms with Crippen molar-refractivity contribution in [2.24, 2.45) is 0 Å². The summed E-state index contributed by atoms with van der Waals surface area (Å²) in [4.78, 5) is 36.1. The molecule has 1 aliphatic rings. The van der Waals surface area contributed by atoms with Crippen LogP contribution in [0.15, 0.2) is 48.5 Å². The SMILES string of the molecule is O=C(COC(=O)C1(c2ccc(Cl)cc2)CC1)NNC(=O)c1ccc(Cl)cc1. The molecule has 0 heterocycles. The number of ether oxygens (including phenoxy) is 1. The summed E-state index contributed by atoms with van der Waals surface area (Å²) in [5, 5.41) is 1.08. The first-order valence-electron chi connectivity index (χ1n) is 8.19. The highest BCUT2D eigenvalue weighted by Crippen LogP contribution is 2.49. The van der Waals surface area contributed by atoms with E-state index in [1.807, 2.05) is 0 Å². The number of hydrogen-bond donors (Lipinski definition) is 2. The van der Waals surface area contributed by atoms with Gasteiger partial charge in [-0.2, -0.15) is 0 Å². The summed E-state index contributed by atoms with van der Waals surface area (Å²) in [6, 6.07) is 13.1. The number of hydrazine groups is 1. The maximum atomic E-state index is 12.4. The standard InChI is InChI=1S/C19H16Cl2N2O4/c20-14-5-1-12(2-6-14)17(25)23-22-16(24)11-27-18(26)19(9-10-19)13-3-7-15(21)8-4-13/h1-8H,9-11H2,(H,22,24)(H,23,25). The fraction of sp³-hybridized carbons (Fsp3) is 0.211. The van der Waals surface area contributed by atoms with E-state index in [2.05, 4.69) is 10.9 Å². The van der Waals surface area contributed by atoms with E-state index in [-0.39, 0.29) is 0 Å². The van der Waals surface area contributed by atoms with Gasteiger partial charge >= 0.3 is 5.97 Å². The van der Waals surface area contributed by atoms with E-state index in [0.717, 1.165) is 5.56 Å². The summed E-state index contributed by atoms with van der Waals surface area (Å²) >= 11 is 11.6. The highest BCUT2D eigenvalue weighted by atomic mass is 35.5. The molecule has 0 bridgehead atoms.